The minimum absolute atomic E-state index is 0.0762. The van der Waals surface area contributed by atoms with Crippen LogP contribution in [0.1, 0.15) is 32.4 Å². The summed E-state index contributed by atoms with van der Waals surface area (Å²) in [6.45, 7) is 3.23. The van der Waals surface area contributed by atoms with Crippen molar-refractivity contribution in [2.24, 2.45) is 11.7 Å². The molecule has 7 N–H and O–H groups in total. The van der Waals surface area contributed by atoms with Crippen molar-refractivity contribution in [1.29, 1.82) is 0 Å². The van der Waals surface area contributed by atoms with E-state index in [1.165, 1.54) is 12.5 Å². The quantitative estimate of drug-likeness (QED) is 0.211. The van der Waals surface area contributed by atoms with E-state index < -0.39 is 48.4 Å². The van der Waals surface area contributed by atoms with Crippen molar-refractivity contribution in [3.05, 3.63) is 18.2 Å². The predicted octanol–water partition coefficient (Wildman–Crippen LogP) is -0.751. The lowest BCUT2D eigenvalue weighted by Crippen LogP contribution is -2.56. The molecule has 1 rings (SSSR count). The number of hydrogen-bond acceptors (Lipinski definition) is 7. The first-order valence-electron chi connectivity index (χ1n) is 9.96. The van der Waals surface area contributed by atoms with Crippen LogP contribution in [0, 0.1) is 5.92 Å². The molecule has 31 heavy (non-hydrogen) atoms. The molecule has 0 aromatic carbocycles. The third-order valence-corrected chi connectivity index (χ3v) is 4.98. The summed E-state index contributed by atoms with van der Waals surface area (Å²) < 4.78 is 0. The molecule has 1 aromatic rings. The topological polar surface area (TPSA) is 179 Å². The Balaban J connectivity index is 2.90. The Morgan fingerprint density at radius 2 is 1.84 bits per heavy atom. The van der Waals surface area contributed by atoms with Gasteiger partial charge in [0.05, 0.1) is 12.4 Å². The van der Waals surface area contributed by atoms with Crippen LogP contribution < -0.4 is 21.7 Å². The van der Waals surface area contributed by atoms with Gasteiger partial charge >= 0.3 is 5.97 Å². The molecule has 3 amide bonds. The first kappa shape index (κ1) is 26.4. The van der Waals surface area contributed by atoms with Gasteiger partial charge in [0.1, 0.15) is 18.6 Å². The fourth-order valence-electron chi connectivity index (χ4n) is 2.74. The summed E-state index contributed by atoms with van der Waals surface area (Å²) in [7, 11) is 0. The highest BCUT2D eigenvalue weighted by atomic mass is 32.2. The van der Waals surface area contributed by atoms with Gasteiger partial charge in [0, 0.05) is 18.3 Å². The highest BCUT2D eigenvalue weighted by Crippen LogP contribution is 2.08. The molecule has 0 radical (unpaired) electrons. The van der Waals surface area contributed by atoms with Crippen molar-refractivity contribution in [2.75, 3.05) is 18.6 Å². The zero-order valence-corrected chi connectivity index (χ0v) is 18.8. The molecule has 0 spiro atoms. The van der Waals surface area contributed by atoms with Gasteiger partial charge in [-0.3, -0.25) is 19.2 Å². The number of carbonyl (C=O) groups is 4. The van der Waals surface area contributed by atoms with Crippen molar-refractivity contribution in [3.63, 3.8) is 0 Å². The number of imidazole rings is 1. The number of thioether (sulfide) groups is 1. The number of aromatic amines is 1. The first-order chi connectivity index (χ1) is 14.6. The van der Waals surface area contributed by atoms with E-state index in [2.05, 4.69) is 25.9 Å². The summed E-state index contributed by atoms with van der Waals surface area (Å²) in [6, 6.07) is -2.68. The second-order valence-corrected chi connectivity index (χ2v) is 8.52. The minimum atomic E-state index is -1.20. The van der Waals surface area contributed by atoms with Gasteiger partial charge in [-0.25, -0.2) is 4.98 Å². The number of nitrogens with zero attached hydrogens (tertiary/aromatic N) is 1. The number of carbonyl (C=O) groups excluding carboxylic acids is 3. The highest BCUT2D eigenvalue weighted by Gasteiger charge is 2.29. The highest BCUT2D eigenvalue weighted by molar-refractivity contribution is 7.98. The number of rotatable bonds is 14. The van der Waals surface area contributed by atoms with E-state index in [-0.39, 0.29) is 12.3 Å². The van der Waals surface area contributed by atoms with E-state index in [1.807, 2.05) is 20.1 Å². The molecule has 174 valence electrons. The average molecular weight is 457 g/mol. The van der Waals surface area contributed by atoms with Crippen LogP contribution in [0.25, 0.3) is 0 Å². The van der Waals surface area contributed by atoms with Crippen LogP contribution in [-0.4, -0.2) is 75.4 Å². The summed E-state index contributed by atoms with van der Waals surface area (Å²) in [5.74, 6) is -2.04. The number of aliphatic carboxylic acids is 1. The number of hydrogen-bond donors (Lipinski definition) is 6. The Hall–Kier alpha value is -2.60. The Kier molecular flexibility index (Phi) is 11.6. The van der Waals surface area contributed by atoms with Crippen LogP contribution in [0.3, 0.4) is 0 Å². The third kappa shape index (κ3) is 10.3. The maximum Gasteiger partial charge on any atom is 0.322 e. The molecule has 1 aromatic heterocycles. The Morgan fingerprint density at radius 3 is 2.39 bits per heavy atom. The number of nitrogens with one attached hydrogen (secondary N) is 4. The molecular formula is C19H32N6O5S. The van der Waals surface area contributed by atoms with E-state index in [0.29, 0.717) is 24.3 Å². The number of carboxylic acid groups (broad SMARTS) is 1. The summed E-state index contributed by atoms with van der Waals surface area (Å²) in [6.07, 6.45) is 5.74. The lowest BCUT2D eigenvalue weighted by atomic mass is 10.0. The number of carboxylic acids is 1. The molecule has 3 unspecified atom stereocenters. The van der Waals surface area contributed by atoms with E-state index >= 15 is 0 Å². The monoisotopic (exact) mass is 456 g/mol. The molecule has 3 atom stereocenters. The van der Waals surface area contributed by atoms with Gasteiger partial charge in [-0.2, -0.15) is 11.8 Å². The minimum Gasteiger partial charge on any atom is -0.480 e. The van der Waals surface area contributed by atoms with E-state index in [0.717, 1.165) is 0 Å². The molecule has 11 nitrogen and oxygen atoms in total. The molecule has 0 bridgehead atoms. The maximum absolute atomic E-state index is 12.9. The Bertz CT molecular complexity index is 727. The zero-order valence-electron chi connectivity index (χ0n) is 18.0. The fourth-order valence-corrected chi connectivity index (χ4v) is 3.23. The number of aromatic nitrogens is 2. The van der Waals surface area contributed by atoms with Crippen molar-refractivity contribution in [2.45, 2.75) is 51.2 Å². The fraction of sp³-hybridized carbons (Fsp3) is 0.632. The molecule has 0 saturated heterocycles. The molecule has 0 saturated carbocycles. The van der Waals surface area contributed by atoms with Crippen molar-refractivity contribution < 1.29 is 24.3 Å². The van der Waals surface area contributed by atoms with Crippen LogP contribution in [0.5, 0.6) is 0 Å². The second-order valence-electron chi connectivity index (χ2n) is 7.53. The van der Waals surface area contributed by atoms with Gasteiger partial charge in [0.25, 0.3) is 0 Å². The number of nitrogens with two attached hydrogens (primary N) is 1. The molecule has 0 aliphatic heterocycles. The van der Waals surface area contributed by atoms with Crippen LogP contribution in [0.15, 0.2) is 12.5 Å². The Morgan fingerprint density at radius 1 is 1.16 bits per heavy atom. The normalized spacial score (nSPS) is 13.8. The van der Waals surface area contributed by atoms with Gasteiger partial charge in [0.15, 0.2) is 0 Å². The van der Waals surface area contributed by atoms with Gasteiger partial charge < -0.3 is 31.8 Å². The summed E-state index contributed by atoms with van der Waals surface area (Å²) >= 11 is 1.57. The number of amides is 3. The smallest absolute Gasteiger partial charge is 0.322 e. The van der Waals surface area contributed by atoms with Crippen molar-refractivity contribution >= 4 is 35.5 Å². The molecule has 0 fully saturated rings. The molecule has 1 heterocycles. The molecule has 0 aliphatic rings. The lowest BCUT2D eigenvalue weighted by molar-refractivity contribution is -0.138. The van der Waals surface area contributed by atoms with Crippen LogP contribution >= 0.6 is 11.8 Å². The average Bonchev–Trinajstić information content (AvgIpc) is 3.21. The summed E-state index contributed by atoms with van der Waals surface area (Å²) in [5, 5.41) is 16.4. The van der Waals surface area contributed by atoms with E-state index in [1.54, 1.807) is 11.8 Å². The van der Waals surface area contributed by atoms with E-state index in [4.69, 9.17) is 10.8 Å². The predicted molar refractivity (Wildman–Crippen MR) is 117 cm³/mol. The van der Waals surface area contributed by atoms with Gasteiger partial charge in [-0.05, 0) is 30.8 Å². The Labute approximate surface area is 185 Å². The molecule has 12 heteroatoms. The molecule has 0 aliphatic carbocycles. The summed E-state index contributed by atoms with van der Waals surface area (Å²) in [4.78, 5) is 55.3. The van der Waals surface area contributed by atoms with Crippen LogP contribution in [0.2, 0.25) is 0 Å². The van der Waals surface area contributed by atoms with Gasteiger partial charge in [-0.15, -0.1) is 0 Å². The first-order valence-corrected chi connectivity index (χ1v) is 11.3. The second kappa shape index (κ2) is 13.7. The maximum atomic E-state index is 12.9. The number of H-pyrrole nitrogens is 1. The van der Waals surface area contributed by atoms with Crippen molar-refractivity contribution in [3.8, 4) is 0 Å². The standard InChI is InChI=1S/C19H32N6O5S/c1-11(2)6-14(24-17(28)13(20)4-5-31-3)19(30)25-15(7-12-8-21-10-23-12)18(29)22-9-16(26)27/h8,10-11,13-15H,4-7,9,20H2,1-3H3,(H,21,23)(H,22,29)(H,24,28)(H,25,30)(H,26,27). The summed E-state index contributed by atoms with van der Waals surface area (Å²) in [5.41, 5.74) is 6.49. The lowest BCUT2D eigenvalue weighted by Gasteiger charge is -2.25. The van der Waals surface area contributed by atoms with Gasteiger partial charge in [-0.1, -0.05) is 13.8 Å². The van der Waals surface area contributed by atoms with Crippen molar-refractivity contribution in [1.82, 2.24) is 25.9 Å². The van der Waals surface area contributed by atoms with Crippen LogP contribution in [0.4, 0.5) is 0 Å². The van der Waals surface area contributed by atoms with Gasteiger partial charge in [0.2, 0.25) is 17.7 Å². The largest absolute Gasteiger partial charge is 0.480 e. The van der Waals surface area contributed by atoms with Crippen LogP contribution in [-0.2, 0) is 25.6 Å². The van der Waals surface area contributed by atoms with E-state index in [9.17, 15) is 19.2 Å². The SMILES string of the molecule is CSCCC(N)C(=O)NC(CC(C)C)C(=O)NC(Cc1cnc[nH]1)C(=O)NCC(=O)O. The molecular weight excluding hydrogens is 424 g/mol. The third-order valence-electron chi connectivity index (χ3n) is 4.34. The zero-order chi connectivity index (χ0) is 23.4.